The van der Waals surface area contributed by atoms with E-state index in [-0.39, 0.29) is 12.1 Å². The van der Waals surface area contributed by atoms with E-state index in [4.69, 9.17) is 4.74 Å². The minimum atomic E-state index is -3.00. The van der Waals surface area contributed by atoms with Gasteiger partial charge in [-0.3, -0.25) is 4.57 Å². The highest BCUT2D eigenvalue weighted by Gasteiger charge is 2.57. The van der Waals surface area contributed by atoms with Gasteiger partial charge >= 0.3 is 0 Å². The van der Waals surface area contributed by atoms with Crippen LogP contribution in [0.1, 0.15) is 11.6 Å². The number of benzene rings is 3. The largest absolute Gasteiger partial charge is 0.497 e. The Balaban J connectivity index is 1.83. The first-order valence-corrected chi connectivity index (χ1v) is 15.9. The molecule has 1 aliphatic heterocycles. The van der Waals surface area contributed by atoms with Crippen LogP contribution >= 0.6 is 7.29 Å². The number of hydrogen-bond acceptors (Lipinski definition) is 2. The topological polar surface area (TPSA) is 29.3 Å². The standard InChI is InChI=1S/C26H30NO2PSi/c1-29-22-17-15-21(16-18-22)26-25(19-20-31(2,3)4)27(26)30(28,23-11-7-5-8-12-23)24-13-9-6-10-14-24/h5-20,25-26H,1-4H3/b20-19+/t25-,26-,27?/m1/s1. The van der Waals surface area contributed by atoms with E-state index in [1.807, 2.05) is 72.8 Å². The first kappa shape index (κ1) is 21.8. The van der Waals surface area contributed by atoms with E-state index in [2.05, 4.69) is 48.2 Å². The van der Waals surface area contributed by atoms with Crippen LogP contribution in [0.5, 0.6) is 5.75 Å². The zero-order valence-electron chi connectivity index (χ0n) is 18.6. The molecule has 1 heterocycles. The Bertz CT molecular complexity index is 1050. The van der Waals surface area contributed by atoms with Crippen LogP contribution in [0.2, 0.25) is 19.6 Å². The van der Waals surface area contributed by atoms with Crippen molar-refractivity contribution in [2.24, 2.45) is 0 Å². The Hall–Kier alpha value is -2.39. The molecule has 4 rings (SSSR count). The van der Waals surface area contributed by atoms with Crippen molar-refractivity contribution in [1.29, 1.82) is 0 Å². The van der Waals surface area contributed by atoms with Crippen LogP contribution in [0.15, 0.2) is 96.7 Å². The van der Waals surface area contributed by atoms with E-state index in [9.17, 15) is 4.57 Å². The van der Waals surface area contributed by atoms with Crippen molar-refractivity contribution in [2.75, 3.05) is 7.11 Å². The molecule has 1 fully saturated rings. The molecular formula is C26H30NO2PSi. The SMILES string of the molecule is COc1ccc([C@@H]2[C@@H](/C=C/[Si](C)(C)C)N2P(=O)(c2ccccc2)c2ccccc2)cc1. The summed E-state index contributed by atoms with van der Waals surface area (Å²) in [5.74, 6) is 0.833. The number of hydrogen-bond donors (Lipinski definition) is 0. The molecule has 0 saturated carbocycles. The molecule has 3 nitrogen and oxygen atoms in total. The van der Waals surface area contributed by atoms with Crippen LogP contribution < -0.4 is 15.3 Å². The van der Waals surface area contributed by atoms with Crippen LogP contribution in [-0.4, -0.2) is 25.9 Å². The van der Waals surface area contributed by atoms with Crippen LogP contribution in [0.25, 0.3) is 0 Å². The lowest BCUT2D eigenvalue weighted by molar-refractivity contribution is 0.414. The summed E-state index contributed by atoms with van der Waals surface area (Å²) in [4.78, 5) is 0. The van der Waals surface area contributed by atoms with E-state index >= 15 is 0 Å². The third kappa shape index (κ3) is 4.47. The molecule has 160 valence electrons. The van der Waals surface area contributed by atoms with E-state index < -0.39 is 15.4 Å². The third-order valence-corrected chi connectivity index (χ3v) is 9.97. The van der Waals surface area contributed by atoms with Gasteiger partial charge in [0.15, 0.2) is 0 Å². The van der Waals surface area contributed by atoms with Gasteiger partial charge in [-0.2, -0.15) is 0 Å². The number of ether oxygens (including phenoxy) is 1. The second-order valence-corrected chi connectivity index (χ2v) is 16.8. The molecule has 0 amide bonds. The molecule has 0 radical (unpaired) electrons. The summed E-state index contributed by atoms with van der Waals surface area (Å²) < 4.78 is 22.5. The molecule has 3 aromatic carbocycles. The highest BCUT2D eigenvalue weighted by Crippen LogP contribution is 2.64. The molecule has 1 unspecified atom stereocenters. The lowest BCUT2D eigenvalue weighted by atomic mass is 10.1. The summed E-state index contributed by atoms with van der Waals surface area (Å²) in [6.45, 7) is 6.98. The van der Waals surface area contributed by atoms with Gasteiger partial charge in [0.05, 0.1) is 27.3 Å². The van der Waals surface area contributed by atoms with Gasteiger partial charge in [0, 0.05) is 10.6 Å². The Morgan fingerprint density at radius 1 is 0.839 bits per heavy atom. The zero-order valence-corrected chi connectivity index (χ0v) is 20.5. The van der Waals surface area contributed by atoms with Crippen molar-refractivity contribution in [1.82, 2.24) is 4.67 Å². The number of rotatable bonds is 7. The van der Waals surface area contributed by atoms with E-state index in [0.717, 1.165) is 21.9 Å². The molecule has 1 saturated heterocycles. The fraction of sp³-hybridized carbons (Fsp3) is 0.231. The summed E-state index contributed by atoms with van der Waals surface area (Å²) in [6, 6.07) is 28.2. The average Bonchev–Trinajstić information content (AvgIpc) is 3.53. The molecule has 31 heavy (non-hydrogen) atoms. The van der Waals surface area contributed by atoms with Crippen molar-refractivity contribution >= 4 is 26.0 Å². The summed E-state index contributed by atoms with van der Waals surface area (Å²) >= 11 is 0. The van der Waals surface area contributed by atoms with Gasteiger partial charge in [0.1, 0.15) is 5.75 Å². The Labute approximate surface area is 186 Å². The monoisotopic (exact) mass is 447 g/mol. The normalized spacial score (nSPS) is 21.2. The third-order valence-electron chi connectivity index (χ3n) is 5.61. The fourth-order valence-electron chi connectivity index (χ4n) is 4.01. The summed E-state index contributed by atoms with van der Waals surface area (Å²) in [5.41, 5.74) is 3.53. The average molecular weight is 448 g/mol. The van der Waals surface area contributed by atoms with Gasteiger partial charge in [-0.05, 0) is 42.0 Å². The van der Waals surface area contributed by atoms with Crippen molar-refractivity contribution in [2.45, 2.75) is 31.7 Å². The zero-order chi connectivity index (χ0) is 22.1. The molecule has 5 heteroatoms. The number of nitrogens with zero attached hydrogens (tertiary/aromatic N) is 1. The lowest BCUT2D eigenvalue weighted by Crippen LogP contribution is -2.22. The van der Waals surface area contributed by atoms with Crippen LogP contribution in [0, 0.1) is 0 Å². The molecule has 0 N–H and O–H groups in total. The maximum atomic E-state index is 14.9. The van der Waals surface area contributed by atoms with Crippen molar-refractivity contribution in [3.05, 3.63) is 102 Å². The van der Waals surface area contributed by atoms with Crippen LogP contribution in [-0.2, 0) is 4.57 Å². The highest BCUT2D eigenvalue weighted by atomic mass is 31.2. The van der Waals surface area contributed by atoms with Gasteiger partial charge < -0.3 is 4.74 Å². The van der Waals surface area contributed by atoms with E-state index in [1.54, 1.807) is 7.11 Å². The predicted octanol–water partition coefficient (Wildman–Crippen LogP) is 5.78. The summed E-state index contributed by atoms with van der Waals surface area (Å²) in [6.07, 6.45) is 2.29. The molecule has 0 bridgehead atoms. The maximum absolute atomic E-state index is 14.9. The Kier molecular flexibility index (Phi) is 6.07. The molecule has 0 aromatic heterocycles. The molecule has 3 aromatic rings. The number of methoxy groups -OCH3 is 1. The van der Waals surface area contributed by atoms with Crippen molar-refractivity contribution in [3.63, 3.8) is 0 Å². The van der Waals surface area contributed by atoms with Gasteiger partial charge in [0.25, 0.3) is 0 Å². The Morgan fingerprint density at radius 3 is 1.81 bits per heavy atom. The van der Waals surface area contributed by atoms with Gasteiger partial charge in [0.2, 0.25) is 7.29 Å². The van der Waals surface area contributed by atoms with E-state index in [0.29, 0.717) is 0 Å². The molecule has 3 atom stereocenters. The molecule has 0 aliphatic carbocycles. The Morgan fingerprint density at radius 2 is 1.35 bits per heavy atom. The highest BCUT2D eigenvalue weighted by molar-refractivity contribution is 7.76. The minimum Gasteiger partial charge on any atom is -0.497 e. The van der Waals surface area contributed by atoms with E-state index in [1.165, 1.54) is 0 Å². The molecular weight excluding hydrogens is 417 g/mol. The second kappa shape index (κ2) is 8.62. The van der Waals surface area contributed by atoms with Gasteiger partial charge in [-0.15, -0.1) is 0 Å². The van der Waals surface area contributed by atoms with Gasteiger partial charge in [-0.25, -0.2) is 4.67 Å². The molecule has 1 aliphatic rings. The lowest BCUT2D eigenvalue weighted by Gasteiger charge is -2.22. The fourth-order valence-corrected chi connectivity index (χ4v) is 7.91. The first-order chi connectivity index (χ1) is 14.8. The maximum Gasteiger partial charge on any atom is 0.208 e. The molecule has 0 spiro atoms. The van der Waals surface area contributed by atoms with Crippen LogP contribution in [0.4, 0.5) is 0 Å². The first-order valence-electron chi connectivity index (χ1n) is 10.7. The van der Waals surface area contributed by atoms with Crippen molar-refractivity contribution < 1.29 is 9.30 Å². The summed E-state index contributed by atoms with van der Waals surface area (Å²) in [5, 5.41) is 1.76. The second-order valence-electron chi connectivity index (χ2n) is 9.06. The van der Waals surface area contributed by atoms with Crippen LogP contribution in [0.3, 0.4) is 0 Å². The van der Waals surface area contributed by atoms with Crippen molar-refractivity contribution in [3.8, 4) is 5.75 Å². The van der Waals surface area contributed by atoms with Gasteiger partial charge in [-0.1, -0.05) is 79.9 Å². The smallest absolute Gasteiger partial charge is 0.208 e. The summed E-state index contributed by atoms with van der Waals surface area (Å²) in [7, 11) is -2.71. The predicted molar refractivity (Wildman–Crippen MR) is 134 cm³/mol. The quantitative estimate of drug-likeness (QED) is 0.261. The minimum absolute atomic E-state index is 0.0738.